The lowest BCUT2D eigenvalue weighted by Gasteiger charge is -2.35. The zero-order valence-electron chi connectivity index (χ0n) is 17.9. The molecule has 0 fully saturated rings. The summed E-state index contributed by atoms with van der Waals surface area (Å²) in [6, 6.07) is 15.0. The Morgan fingerprint density at radius 2 is 1.76 bits per heavy atom. The topological polar surface area (TPSA) is 49.3 Å². The Kier molecular flexibility index (Phi) is 6.39. The van der Waals surface area contributed by atoms with Crippen LogP contribution in [0.5, 0.6) is 0 Å². The second kappa shape index (κ2) is 8.79. The molecule has 0 aromatic heterocycles. The minimum atomic E-state index is -0.135. The van der Waals surface area contributed by atoms with Crippen LogP contribution in [-0.2, 0) is 6.61 Å². The van der Waals surface area contributed by atoms with Crippen LogP contribution in [0.4, 0.5) is 5.69 Å². The van der Waals surface area contributed by atoms with Gasteiger partial charge in [0.2, 0.25) is 0 Å². The largest absolute Gasteiger partial charge is 0.392 e. The molecule has 0 radical (unpaired) electrons. The number of rotatable bonds is 5. The van der Waals surface area contributed by atoms with E-state index in [9.17, 15) is 4.79 Å². The molecule has 3 heteroatoms. The fourth-order valence-electron chi connectivity index (χ4n) is 4.24. The van der Waals surface area contributed by atoms with Crippen LogP contribution in [0.3, 0.4) is 0 Å². The minimum Gasteiger partial charge on any atom is -0.392 e. The molecular weight excluding hydrogens is 358 g/mol. The Hall–Kier alpha value is -2.65. The van der Waals surface area contributed by atoms with Gasteiger partial charge in [0.1, 0.15) is 0 Å². The van der Waals surface area contributed by atoms with E-state index in [4.69, 9.17) is 5.11 Å². The van der Waals surface area contributed by atoms with Crippen molar-refractivity contribution in [2.24, 2.45) is 5.41 Å². The van der Waals surface area contributed by atoms with Crippen LogP contribution in [-0.4, -0.2) is 11.0 Å². The first kappa shape index (κ1) is 21.1. The van der Waals surface area contributed by atoms with Gasteiger partial charge >= 0.3 is 0 Å². The second-order valence-electron chi connectivity index (χ2n) is 8.44. The Labute approximate surface area is 174 Å². The SMILES string of the molecule is CCC1=C(C)/C(=C/c2ccc(C(=O)Nc3ccc(CO)cc3)cc2)CCC1(C)C. The van der Waals surface area contributed by atoms with Gasteiger partial charge in [-0.2, -0.15) is 0 Å². The Balaban J connectivity index is 1.74. The normalized spacial score (nSPS) is 17.5. The molecule has 3 rings (SSSR count). The highest BCUT2D eigenvalue weighted by Crippen LogP contribution is 2.44. The summed E-state index contributed by atoms with van der Waals surface area (Å²) in [5.74, 6) is -0.135. The lowest BCUT2D eigenvalue weighted by Crippen LogP contribution is -2.21. The third-order valence-corrected chi connectivity index (χ3v) is 6.03. The molecule has 0 spiro atoms. The zero-order chi connectivity index (χ0) is 21.0. The van der Waals surface area contributed by atoms with Crippen molar-refractivity contribution < 1.29 is 9.90 Å². The lowest BCUT2D eigenvalue weighted by molar-refractivity contribution is 0.102. The Morgan fingerprint density at radius 3 is 2.34 bits per heavy atom. The number of aliphatic hydroxyl groups is 1. The molecule has 0 aliphatic heterocycles. The van der Waals surface area contributed by atoms with E-state index in [0.29, 0.717) is 5.56 Å². The lowest BCUT2D eigenvalue weighted by atomic mass is 9.70. The molecular formula is C26H31NO2. The summed E-state index contributed by atoms with van der Waals surface area (Å²) in [6.07, 6.45) is 5.62. The molecule has 0 saturated carbocycles. The van der Waals surface area contributed by atoms with Crippen LogP contribution in [0.15, 0.2) is 65.3 Å². The van der Waals surface area contributed by atoms with E-state index in [0.717, 1.165) is 29.7 Å². The van der Waals surface area contributed by atoms with E-state index in [1.807, 2.05) is 24.3 Å². The Bertz CT molecular complexity index is 932. The van der Waals surface area contributed by atoms with Crippen molar-refractivity contribution in [1.29, 1.82) is 0 Å². The molecule has 1 aliphatic carbocycles. The van der Waals surface area contributed by atoms with Gasteiger partial charge in [0.05, 0.1) is 6.61 Å². The molecule has 0 saturated heterocycles. The Morgan fingerprint density at radius 1 is 1.10 bits per heavy atom. The van der Waals surface area contributed by atoms with Crippen molar-refractivity contribution >= 4 is 17.7 Å². The van der Waals surface area contributed by atoms with Crippen molar-refractivity contribution in [2.75, 3.05) is 5.32 Å². The van der Waals surface area contributed by atoms with Gasteiger partial charge in [-0.05, 0) is 78.1 Å². The minimum absolute atomic E-state index is 0.00287. The van der Waals surface area contributed by atoms with Crippen LogP contribution in [0, 0.1) is 5.41 Å². The molecule has 152 valence electrons. The maximum Gasteiger partial charge on any atom is 0.255 e. The predicted molar refractivity (Wildman–Crippen MR) is 121 cm³/mol. The van der Waals surface area contributed by atoms with E-state index in [-0.39, 0.29) is 17.9 Å². The average molecular weight is 390 g/mol. The highest BCUT2D eigenvalue weighted by Gasteiger charge is 2.29. The van der Waals surface area contributed by atoms with Crippen molar-refractivity contribution in [2.45, 2.75) is 53.6 Å². The van der Waals surface area contributed by atoms with Crippen LogP contribution in [0.25, 0.3) is 6.08 Å². The number of allylic oxidation sites excluding steroid dienone is 3. The molecule has 3 nitrogen and oxygen atoms in total. The number of carbonyl (C=O) groups is 1. The summed E-state index contributed by atoms with van der Waals surface area (Å²) in [5, 5.41) is 12.0. The van der Waals surface area contributed by atoms with Gasteiger partial charge in [-0.1, -0.05) is 56.7 Å². The van der Waals surface area contributed by atoms with E-state index < -0.39 is 0 Å². The van der Waals surface area contributed by atoms with Gasteiger partial charge in [-0.15, -0.1) is 0 Å². The summed E-state index contributed by atoms with van der Waals surface area (Å²) >= 11 is 0. The van der Waals surface area contributed by atoms with Crippen molar-refractivity contribution in [3.05, 3.63) is 81.9 Å². The summed E-state index contributed by atoms with van der Waals surface area (Å²) in [7, 11) is 0. The molecule has 0 atom stereocenters. The summed E-state index contributed by atoms with van der Waals surface area (Å²) in [4.78, 5) is 12.5. The molecule has 29 heavy (non-hydrogen) atoms. The molecule has 0 heterocycles. The monoisotopic (exact) mass is 389 g/mol. The first-order chi connectivity index (χ1) is 13.8. The zero-order valence-corrected chi connectivity index (χ0v) is 17.9. The smallest absolute Gasteiger partial charge is 0.255 e. The second-order valence-corrected chi connectivity index (χ2v) is 8.44. The number of nitrogens with one attached hydrogen (secondary N) is 1. The summed E-state index contributed by atoms with van der Waals surface area (Å²) in [5.41, 5.74) is 7.96. The molecule has 1 amide bonds. The van der Waals surface area contributed by atoms with Crippen LogP contribution in [0.2, 0.25) is 0 Å². The number of hydrogen-bond donors (Lipinski definition) is 2. The van der Waals surface area contributed by atoms with Crippen molar-refractivity contribution in [1.82, 2.24) is 0 Å². The van der Waals surface area contributed by atoms with Gasteiger partial charge in [0.15, 0.2) is 0 Å². The number of carbonyl (C=O) groups excluding carboxylic acids is 1. The number of hydrogen-bond acceptors (Lipinski definition) is 2. The van der Waals surface area contributed by atoms with E-state index in [2.05, 4.69) is 39.1 Å². The fraction of sp³-hybridized carbons (Fsp3) is 0.346. The first-order valence-electron chi connectivity index (χ1n) is 10.4. The van der Waals surface area contributed by atoms with E-state index >= 15 is 0 Å². The van der Waals surface area contributed by atoms with E-state index in [1.165, 1.54) is 17.6 Å². The van der Waals surface area contributed by atoms with Crippen molar-refractivity contribution in [3.63, 3.8) is 0 Å². The quantitative estimate of drug-likeness (QED) is 0.625. The van der Waals surface area contributed by atoms with Gasteiger partial charge in [-0.3, -0.25) is 4.79 Å². The highest BCUT2D eigenvalue weighted by atomic mass is 16.3. The van der Waals surface area contributed by atoms with Crippen molar-refractivity contribution in [3.8, 4) is 0 Å². The van der Waals surface area contributed by atoms with Crippen LogP contribution in [0.1, 0.15) is 68.4 Å². The summed E-state index contributed by atoms with van der Waals surface area (Å²) < 4.78 is 0. The molecule has 0 unspecified atom stereocenters. The molecule has 1 aliphatic rings. The average Bonchev–Trinajstić information content (AvgIpc) is 2.71. The molecule has 2 N–H and O–H groups in total. The maximum absolute atomic E-state index is 12.5. The number of benzene rings is 2. The molecule has 2 aromatic carbocycles. The van der Waals surface area contributed by atoms with Gasteiger partial charge in [0, 0.05) is 11.3 Å². The highest BCUT2D eigenvalue weighted by molar-refractivity contribution is 6.04. The number of anilines is 1. The predicted octanol–water partition coefficient (Wildman–Crippen LogP) is 6.36. The number of aliphatic hydroxyl groups excluding tert-OH is 1. The van der Waals surface area contributed by atoms with Gasteiger partial charge in [-0.25, -0.2) is 0 Å². The van der Waals surface area contributed by atoms with Gasteiger partial charge < -0.3 is 10.4 Å². The third kappa shape index (κ3) is 4.86. The standard InChI is InChI=1S/C26H31NO2/c1-5-24-18(2)22(14-15-26(24,3)4)16-19-6-10-21(11-7-19)25(29)27-23-12-8-20(17-28)9-13-23/h6-13,16,28H,5,14-15,17H2,1-4H3,(H,27,29)/b22-16+. The summed E-state index contributed by atoms with van der Waals surface area (Å²) in [6.45, 7) is 9.18. The van der Waals surface area contributed by atoms with Crippen LogP contribution >= 0.6 is 0 Å². The molecule has 0 bridgehead atoms. The van der Waals surface area contributed by atoms with Gasteiger partial charge in [0.25, 0.3) is 5.91 Å². The maximum atomic E-state index is 12.5. The number of amides is 1. The molecule has 2 aromatic rings. The first-order valence-corrected chi connectivity index (χ1v) is 10.4. The third-order valence-electron chi connectivity index (χ3n) is 6.03. The van der Waals surface area contributed by atoms with E-state index in [1.54, 1.807) is 29.8 Å². The van der Waals surface area contributed by atoms with Crippen LogP contribution < -0.4 is 5.32 Å². The fourth-order valence-corrected chi connectivity index (χ4v) is 4.24.